The summed E-state index contributed by atoms with van der Waals surface area (Å²) in [5, 5.41) is 39.3. The summed E-state index contributed by atoms with van der Waals surface area (Å²) >= 11 is 1.72. The fourth-order valence-electron chi connectivity index (χ4n) is 3.15. The van der Waals surface area contributed by atoms with E-state index >= 15 is 0 Å². The molecule has 3 rings (SSSR count). The molecule has 0 unspecified atom stereocenters. The highest BCUT2D eigenvalue weighted by atomic mass is 32.2. The molecule has 0 spiro atoms. The number of ether oxygens (including phenoxy) is 1. The highest BCUT2D eigenvalue weighted by Crippen LogP contribution is 2.33. The second-order valence-electron chi connectivity index (χ2n) is 5.87. The second-order valence-corrected chi connectivity index (χ2v) is 6.90. The van der Waals surface area contributed by atoms with Gasteiger partial charge in [-0.15, -0.1) is 0 Å². The maximum atomic E-state index is 10.1. The van der Waals surface area contributed by atoms with Crippen molar-refractivity contribution in [1.29, 1.82) is 5.26 Å². The van der Waals surface area contributed by atoms with Crippen LogP contribution in [0, 0.1) is 11.3 Å². The van der Waals surface area contributed by atoms with E-state index in [1.54, 1.807) is 16.7 Å². The SMILES string of the molecule is N#C[C@@H]1[C@H](O)[C@@H](O)[C@H](O)[C@H]2OC[C@@H](CSCc3ccccc3)N12. The third kappa shape index (κ3) is 3.24. The van der Waals surface area contributed by atoms with Gasteiger partial charge in [0.2, 0.25) is 0 Å². The first-order valence-electron chi connectivity index (χ1n) is 7.58. The van der Waals surface area contributed by atoms with E-state index in [4.69, 9.17) is 4.74 Å². The van der Waals surface area contributed by atoms with Crippen LogP contribution in [0.15, 0.2) is 30.3 Å². The van der Waals surface area contributed by atoms with Gasteiger partial charge in [0.15, 0.2) is 0 Å². The predicted octanol–water partition coefficient (Wildman–Crippen LogP) is -0.0648. The smallest absolute Gasteiger partial charge is 0.141 e. The van der Waals surface area contributed by atoms with Gasteiger partial charge in [0, 0.05) is 17.5 Å². The number of hydrogen-bond donors (Lipinski definition) is 3. The van der Waals surface area contributed by atoms with Crippen molar-refractivity contribution in [3.05, 3.63) is 35.9 Å². The van der Waals surface area contributed by atoms with Crippen molar-refractivity contribution in [3.63, 3.8) is 0 Å². The number of rotatable bonds is 4. The summed E-state index contributed by atoms with van der Waals surface area (Å²) in [5.41, 5.74) is 1.22. The highest BCUT2D eigenvalue weighted by Gasteiger charge is 2.53. The molecule has 3 N–H and O–H groups in total. The van der Waals surface area contributed by atoms with Crippen molar-refractivity contribution in [2.75, 3.05) is 12.4 Å². The molecule has 2 heterocycles. The Bertz CT molecular complexity index is 567. The molecule has 2 saturated heterocycles. The van der Waals surface area contributed by atoms with Crippen LogP contribution in [-0.2, 0) is 10.5 Å². The second kappa shape index (κ2) is 7.18. The Morgan fingerprint density at radius 1 is 1.17 bits per heavy atom. The summed E-state index contributed by atoms with van der Waals surface area (Å²) in [6.07, 6.45) is -4.61. The van der Waals surface area contributed by atoms with Crippen LogP contribution < -0.4 is 0 Å². The van der Waals surface area contributed by atoms with Crippen LogP contribution in [0.5, 0.6) is 0 Å². The van der Waals surface area contributed by atoms with Crippen molar-refractivity contribution in [2.24, 2.45) is 0 Å². The van der Waals surface area contributed by atoms with Crippen molar-refractivity contribution in [3.8, 4) is 6.07 Å². The summed E-state index contributed by atoms with van der Waals surface area (Å²) in [7, 11) is 0. The van der Waals surface area contributed by atoms with Crippen LogP contribution in [0.1, 0.15) is 5.56 Å². The number of benzene rings is 1. The normalized spacial score (nSPS) is 37.3. The van der Waals surface area contributed by atoms with Gasteiger partial charge in [-0.2, -0.15) is 17.0 Å². The Hall–Kier alpha value is -1.14. The van der Waals surface area contributed by atoms with Crippen molar-refractivity contribution < 1.29 is 20.1 Å². The Balaban J connectivity index is 1.64. The number of nitriles is 1. The van der Waals surface area contributed by atoms with Crippen molar-refractivity contribution in [2.45, 2.75) is 42.4 Å². The summed E-state index contributed by atoms with van der Waals surface area (Å²) < 4.78 is 5.58. The number of nitrogens with zero attached hydrogens (tertiary/aromatic N) is 2. The molecule has 23 heavy (non-hydrogen) atoms. The van der Waals surface area contributed by atoms with E-state index in [9.17, 15) is 20.6 Å². The maximum absolute atomic E-state index is 10.1. The number of hydrogen-bond acceptors (Lipinski definition) is 7. The largest absolute Gasteiger partial charge is 0.388 e. The van der Waals surface area contributed by atoms with Gasteiger partial charge in [-0.05, 0) is 5.56 Å². The van der Waals surface area contributed by atoms with Gasteiger partial charge in [-0.25, -0.2) is 0 Å². The van der Waals surface area contributed by atoms with Gasteiger partial charge >= 0.3 is 0 Å². The first-order chi connectivity index (χ1) is 11.1. The number of aliphatic hydroxyl groups is 3. The fourth-order valence-corrected chi connectivity index (χ4v) is 4.23. The summed E-state index contributed by atoms with van der Waals surface area (Å²) in [4.78, 5) is 1.71. The Morgan fingerprint density at radius 2 is 1.91 bits per heavy atom. The van der Waals surface area contributed by atoms with Crippen molar-refractivity contribution in [1.82, 2.24) is 4.90 Å². The third-order valence-corrected chi connectivity index (χ3v) is 5.52. The monoisotopic (exact) mass is 336 g/mol. The Kier molecular flexibility index (Phi) is 5.21. The molecule has 0 bridgehead atoms. The molecular weight excluding hydrogens is 316 g/mol. The van der Waals surface area contributed by atoms with Crippen LogP contribution >= 0.6 is 11.8 Å². The average Bonchev–Trinajstić information content (AvgIpc) is 2.98. The number of aliphatic hydroxyl groups excluding tert-OH is 3. The average molecular weight is 336 g/mol. The molecule has 2 aliphatic rings. The third-order valence-electron chi connectivity index (χ3n) is 4.37. The lowest BCUT2D eigenvalue weighted by Gasteiger charge is -2.43. The quantitative estimate of drug-likeness (QED) is 0.708. The summed E-state index contributed by atoms with van der Waals surface area (Å²) in [6.45, 7) is 0.376. The van der Waals surface area contributed by atoms with E-state index in [1.165, 1.54) is 5.56 Å². The number of thioether (sulfide) groups is 1. The Labute approximate surface area is 139 Å². The number of fused-ring (bicyclic) bond motifs is 1. The molecule has 0 radical (unpaired) electrons. The molecule has 0 amide bonds. The maximum Gasteiger partial charge on any atom is 0.141 e. The van der Waals surface area contributed by atoms with Crippen LogP contribution in [0.25, 0.3) is 0 Å². The van der Waals surface area contributed by atoms with E-state index in [0.29, 0.717) is 6.61 Å². The molecule has 6 nitrogen and oxygen atoms in total. The molecule has 2 fully saturated rings. The lowest BCUT2D eigenvalue weighted by atomic mass is 9.93. The van der Waals surface area contributed by atoms with Crippen LogP contribution in [0.2, 0.25) is 0 Å². The van der Waals surface area contributed by atoms with Crippen LogP contribution in [-0.4, -0.2) is 69.2 Å². The van der Waals surface area contributed by atoms with Gasteiger partial charge in [-0.1, -0.05) is 30.3 Å². The molecule has 0 aromatic heterocycles. The Morgan fingerprint density at radius 3 is 2.61 bits per heavy atom. The first kappa shape index (κ1) is 16.7. The molecule has 1 aromatic rings. The minimum Gasteiger partial charge on any atom is -0.388 e. The number of piperidine rings is 1. The van der Waals surface area contributed by atoms with Crippen molar-refractivity contribution >= 4 is 11.8 Å². The predicted molar refractivity (Wildman–Crippen MR) is 85.4 cm³/mol. The van der Waals surface area contributed by atoms with Crippen LogP contribution in [0.3, 0.4) is 0 Å². The molecular formula is C16H20N2O4S. The summed E-state index contributed by atoms with van der Waals surface area (Å²) in [5.74, 6) is 1.57. The minimum absolute atomic E-state index is 0.0739. The fraction of sp³-hybridized carbons (Fsp3) is 0.562. The molecule has 0 saturated carbocycles. The van der Waals surface area contributed by atoms with E-state index in [1.807, 2.05) is 24.3 Å². The van der Waals surface area contributed by atoms with E-state index in [-0.39, 0.29) is 6.04 Å². The van der Waals surface area contributed by atoms with E-state index in [0.717, 1.165) is 11.5 Å². The molecule has 2 aliphatic heterocycles. The van der Waals surface area contributed by atoms with Crippen LogP contribution in [0.4, 0.5) is 0 Å². The molecule has 124 valence electrons. The van der Waals surface area contributed by atoms with Gasteiger partial charge in [0.05, 0.1) is 12.7 Å². The molecule has 0 aliphatic carbocycles. The molecule has 6 atom stereocenters. The van der Waals surface area contributed by atoms with Gasteiger partial charge in [0.25, 0.3) is 0 Å². The summed E-state index contributed by atoms with van der Waals surface area (Å²) in [6, 6.07) is 11.2. The van der Waals surface area contributed by atoms with E-state index in [2.05, 4.69) is 12.1 Å². The van der Waals surface area contributed by atoms with Gasteiger partial charge in [-0.3, -0.25) is 4.90 Å². The topological polar surface area (TPSA) is 97.0 Å². The van der Waals surface area contributed by atoms with E-state index < -0.39 is 30.6 Å². The lowest BCUT2D eigenvalue weighted by molar-refractivity contribution is -0.193. The minimum atomic E-state index is -1.36. The highest BCUT2D eigenvalue weighted by molar-refractivity contribution is 7.98. The van der Waals surface area contributed by atoms with Gasteiger partial charge < -0.3 is 20.1 Å². The standard InChI is InChI=1S/C16H20N2O4S/c17-6-12-13(19)14(20)15(21)16-18(12)11(7-22-16)9-23-8-10-4-2-1-3-5-10/h1-5,11-16,19-21H,7-9H2/t11-,12+,13-,14+,15-,16+/m0/s1. The molecule has 7 heteroatoms. The van der Waals surface area contributed by atoms with Gasteiger partial charge in [0.1, 0.15) is 30.6 Å². The molecule has 1 aromatic carbocycles. The zero-order valence-corrected chi connectivity index (χ0v) is 13.3. The zero-order valence-electron chi connectivity index (χ0n) is 12.5. The first-order valence-corrected chi connectivity index (χ1v) is 8.73. The zero-order chi connectivity index (χ0) is 16.4. The lowest BCUT2D eigenvalue weighted by Crippen LogP contribution is -2.66.